The van der Waals surface area contributed by atoms with Gasteiger partial charge in [0.25, 0.3) is 0 Å². The van der Waals surface area contributed by atoms with Gasteiger partial charge in [-0.15, -0.1) is 0 Å². The Kier molecular flexibility index (Phi) is 3.43. The zero-order chi connectivity index (χ0) is 17.8. The van der Waals surface area contributed by atoms with E-state index in [1.165, 1.54) is 36.0 Å². The van der Waals surface area contributed by atoms with Crippen molar-refractivity contribution in [3.05, 3.63) is 70.8 Å². The number of fused-ring (bicyclic) bond motifs is 6. The van der Waals surface area contributed by atoms with E-state index in [0.29, 0.717) is 5.56 Å². The topological polar surface area (TPSA) is 37.3 Å². The molecule has 2 unspecified atom stereocenters. The van der Waals surface area contributed by atoms with Crippen LogP contribution in [0, 0.1) is 0 Å². The summed E-state index contributed by atoms with van der Waals surface area (Å²) in [6.07, 6.45) is 5.06. The summed E-state index contributed by atoms with van der Waals surface area (Å²) >= 11 is 0. The summed E-state index contributed by atoms with van der Waals surface area (Å²) < 4.78 is 0. The number of hydrogen-bond acceptors (Lipinski definition) is 1. The molecule has 0 amide bonds. The molecule has 2 heteroatoms. The smallest absolute Gasteiger partial charge is 0.335 e. The van der Waals surface area contributed by atoms with Crippen molar-refractivity contribution in [3.63, 3.8) is 0 Å². The van der Waals surface area contributed by atoms with Crippen molar-refractivity contribution in [2.45, 2.75) is 44.4 Å². The second kappa shape index (κ2) is 5.70. The molecular weight excluding hydrogens is 320 g/mol. The molecule has 3 aromatic rings. The van der Waals surface area contributed by atoms with Crippen LogP contribution in [0.4, 0.5) is 0 Å². The number of carboxylic acids is 1. The fourth-order valence-electron chi connectivity index (χ4n) is 5.05. The highest BCUT2D eigenvalue weighted by atomic mass is 16.4. The second-order valence-corrected chi connectivity index (χ2v) is 7.79. The van der Waals surface area contributed by atoms with Gasteiger partial charge in [-0.3, -0.25) is 0 Å². The molecule has 1 N–H and O–H groups in total. The van der Waals surface area contributed by atoms with Gasteiger partial charge in [-0.25, -0.2) is 4.79 Å². The fourth-order valence-corrected chi connectivity index (χ4v) is 5.05. The molecule has 5 rings (SSSR count). The van der Waals surface area contributed by atoms with E-state index in [4.69, 9.17) is 0 Å². The molecule has 0 radical (unpaired) electrons. The van der Waals surface area contributed by atoms with E-state index < -0.39 is 5.97 Å². The Bertz CT molecular complexity index is 1050. The highest BCUT2D eigenvalue weighted by molar-refractivity contribution is 5.96. The average Bonchev–Trinajstić information content (AvgIpc) is 3.28. The van der Waals surface area contributed by atoms with E-state index in [1.807, 2.05) is 6.07 Å². The number of aromatic carboxylic acids is 1. The minimum absolute atomic E-state index is 0.344. The van der Waals surface area contributed by atoms with E-state index >= 15 is 0 Å². The molecule has 2 aliphatic rings. The van der Waals surface area contributed by atoms with Crippen LogP contribution in [0.2, 0.25) is 0 Å². The largest absolute Gasteiger partial charge is 0.478 e. The Hall–Kier alpha value is -2.61. The Balaban J connectivity index is 1.68. The monoisotopic (exact) mass is 342 g/mol. The van der Waals surface area contributed by atoms with Crippen LogP contribution in [-0.2, 0) is 6.42 Å². The van der Waals surface area contributed by atoms with E-state index in [2.05, 4.69) is 37.3 Å². The quantitative estimate of drug-likeness (QED) is 0.621. The minimum atomic E-state index is -0.875. The molecule has 2 aliphatic carbocycles. The lowest BCUT2D eigenvalue weighted by molar-refractivity contribution is 0.0697. The average molecular weight is 342 g/mol. The number of carboxylic acid groups (broad SMARTS) is 1. The first kappa shape index (κ1) is 15.6. The van der Waals surface area contributed by atoms with Crippen LogP contribution in [0.25, 0.3) is 21.9 Å². The standard InChI is InChI=1S/C24H22O2/c1-2-14-9-21(23-19-7-6-18(13-19)22(23)10-14)17-5-3-16-12-20(24(25)26)8-4-15(16)11-17/h3-5,8-12,18-19H,2,6-7,13H2,1H3,(H,25,26). The van der Waals surface area contributed by atoms with Crippen molar-refractivity contribution in [2.24, 2.45) is 0 Å². The van der Waals surface area contributed by atoms with E-state index in [9.17, 15) is 9.90 Å². The molecule has 0 heterocycles. The SMILES string of the molecule is CCc1cc(-c2ccc3cc(C(=O)O)ccc3c2)c2c(c1)C1CCC2C1. The van der Waals surface area contributed by atoms with Crippen molar-refractivity contribution in [2.75, 3.05) is 0 Å². The minimum Gasteiger partial charge on any atom is -0.478 e. The number of hydrogen-bond donors (Lipinski definition) is 1. The van der Waals surface area contributed by atoms with Gasteiger partial charge >= 0.3 is 5.97 Å². The van der Waals surface area contributed by atoms with Gasteiger partial charge < -0.3 is 5.11 Å². The maximum atomic E-state index is 11.2. The lowest BCUT2D eigenvalue weighted by Crippen LogP contribution is -2.02. The van der Waals surface area contributed by atoms with Gasteiger partial charge in [0, 0.05) is 0 Å². The van der Waals surface area contributed by atoms with Gasteiger partial charge in [-0.2, -0.15) is 0 Å². The third-order valence-electron chi connectivity index (χ3n) is 6.36. The van der Waals surface area contributed by atoms with Crippen LogP contribution in [0.1, 0.15) is 65.1 Å². The van der Waals surface area contributed by atoms with E-state index in [0.717, 1.165) is 29.0 Å². The first-order chi connectivity index (χ1) is 12.6. The molecule has 2 bridgehead atoms. The molecule has 1 saturated carbocycles. The molecular formula is C24H22O2. The van der Waals surface area contributed by atoms with Crippen LogP contribution in [0.3, 0.4) is 0 Å². The van der Waals surface area contributed by atoms with Gasteiger partial charge in [0.2, 0.25) is 0 Å². The maximum absolute atomic E-state index is 11.2. The Labute approximate surface area is 153 Å². The fraction of sp³-hybridized carbons (Fsp3) is 0.292. The summed E-state index contributed by atoms with van der Waals surface area (Å²) in [5, 5.41) is 11.3. The van der Waals surface area contributed by atoms with E-state index in [-0.39, 0.29) is 0 Å². The van der Waals surface area contributed by atoms with Gasteiger partial charge in [0.05, 0.1) is 5.56 Å². The molecule has 2 atom stereocenters. The summed E-state index contributed by atoms with van der Waals surface area (Å²) in [4.78, 5) is 11.2. The second-order valence-electron chi connectivity index (χ2n) is 7.79. The lowest BCUT2D eigenvalue weighted by atomic mass is 9.83. The van der Waals surface area contributed by atoms with Crippen molar-refractivity contribution in [1.29, 1.82) is 0 Å². The van der Waals surface area contributed by atoms with Crippen LogP contribution in [-0.4, -0.2) is 11.1 Å². The molecule has 3 aromatic carbocycles. The summed E-state index contributed by atoms with van der Waals surface area (Å²) in [6.45, 7) is 2.23. The number of benzene rings is 3. The predicted molar refractivity (Wildman–Crippen MR) is 105 cm³/mol. The molecule has 0 aliphatic heterocycles. The van der Waals surface area contributed by atoms with Gasteiger partial charge in [0.1, 0.15) is 0 Å². The predicted octanol–water partition coefficient (Wildman–Crippen LogP) is 6.13. The Morgan fingerprint density at radius 3 is 2.58 bits per heavy atom. The molecule has 1 fully saturated rings. The number of aryl methyl sites for hydroxylation is 1. The molecule has 130 valence electrons. The Morgan fingerprint density at radius 1 is 1.00 bits per heavy atom. The summed E-state index contributed by atoms with van der Waals surface area (Å²) in [5.74, 6) is 0.611. The van der Waals surface area contributed by atoms with Gasteiger partial charge in [0.15, 0.2) is 0 Å². The van der Waals surface area contributed by atoms with Crippen molar-refractivity contribution in [3.8, 4) is 11.1 Å². The summed E-state index contributed by atoms with van der Waals surface area (Å²) in [7, 11) is 0. The van der Waals surface area contributed by atoms with Gasteiger partial charge in [-0.1, -0.05) is 37.3 Å². The third kappa shape index (κ3) is 2.28. The first-order valence-corrected chi connectivity index (χ1v) is 9.58. The third-order valence-corrected chi connectivity index (χ3v) is 6.36. The highest BCUT2D eigenvalue weighted by Gasteiger charge is 2.38. The molecule has 0 aromatic heterocycles. The normalized spacial score (nSPS) is 20.5. The van der Waals surface area contributed by atoms with Crippen LogP contribution in [0.5, 0.6) is 0 Å². The van der Waals surface area contributed by atoms with Crippen molar-refractivity contribution in [1.82, 2.24) is 0 Å². The van der Waals surface area contributed by atoms with E-state index in [1.54, 1.807) is 23.3 Å². The maximum Gasteiger partial charge on any atom is 0.335 e. The highest BCUT2D eigenvalue weighted by Crippen LogP contribution is 2.56. The summed E-state index contributed by atoms with van der Waals surface area (Å²) in [6, 6.07) is 16.7. The zero-order valence-electron chi connectivity index (χ0n) is 15.0. The zero-order valence-corrected chi connectivity index (χ0v) is 15.0. The molecule has 0 saturated heterocycles. The molecule has 26 heavy (non-hydrogen) atoms. The molecule has 2 nitrogen and oxygen atoms in total. The first-order valence-electron chi connectivity index (χ1n) is 9.58. The van der Waals surface area contributed by atoms with Crippen LogP contribution >= 0.6 is 0 Å². The van der Waals surface area contributed by atoms with Crippen molar-refractivity contribution < 1.29 is 9.90 Å². The van der Waals surface area contributed by atoms with Crippen molar-refractivity contribution >= 4 is 16.7 Å². The summed E-state index contributed by atoms with van der Waals surface area (Å²) in [5.41, 5.74) is 7.61. The molecule has 0 spiro atoms. The number of rotatable bonds is 3. The van der Waals surface area contributed by atoms with Gasteiger partial charge in [-0.05, 0) is 94.3 Å². The van der Waals surface area contributed by atoms with Crippen LogP contribution in [0.15, 0.2) is 48.5 Å². The number of carbonyl (C=O) groups is 1. The van der Waals surface area contributed by atoms with Crippen LogP contribution < -0.4 is 0 Å². The lowest BCUT2D eigenvalue weighted by Gasteiger charge is -2.21. The Morgan fingerprint density at radius 2 is 1.77 bits per heavy atom.